The molecule has 0 radical (unpaired) electrons. The van der Waals surface area contributed by atoms with E-state index in [4.69, 9.17) is 34.8 Å². The highest BCUT2D eigenvalue weighted by molar-refractivity contribution is 7.07. The highest BCUT2D eigenvalue weighted by atomic mass is 32.1. The quantitative estimate of drug-likeness (QED) is 0.180. The molecule has 1 aliphatic rings. The second-order valence-electron chi connectivity index (χ2n) is 8.89. The first kappa shape index (κ1) is 30.4. The number of nitrogens with zero attached hydrogens (tertiary/aromatic N) is 2. The molecule has 1 aromatic heterocycles. The van der Waals surface area contributed by atoms with Crippen molar-refractivity contribution < 1.29 is 33.2 Å². The number of hydrogen-bond acceptors (Lipinski definition) is 10. The summed E-state index contributed by atoms with van der Waals surface area (Å²) < 4.78 is 35.2. The van der Waals surface area contributed by atoms with E-state index in [1.54, 1.807) is 49.4 Å². The average molecular weight is 593 g/mol. The van der Waals surface area contributed by atoms with Crippen LogP contribution in [0.25, 0.3) is 6.08 Å². The minimum Gasteiger partial charge on any atom is -0.493 e. The van der Waals surface area contributed by atoms with Crippen LogP contribution >= 0.6 is 11.3 Å². The van der Waals surface area contributed by atoms with E-state index in [0.29, 0.717) is 55.8 Å². The summed E-state index contributed by atoms with van der Waals surface area (Å²) in [6.07, 6.45) is 7.11. The van der Waals surface area contributed by atoms with Gasteiger partial charge in [-0.3, -0.25) is 9.36 Å². The van der Waals surface area contributed by atoms with E-state index in [1.807, 2.05) is 6.92 Å². The Kier molecular flexibility index (Phi) is 10.1. The maximum Gasteiger partial charge on any atom is 0.338 e. The molecule has 2 aromatic carbocycles. The van der Waals surface area contributed by atoms with Gasteiger partial charge in [0, 0.05) is 18.2 Å². The first-order valence-electron chi connectivity index (χ1n) is 13.1. The Morgan fingerprint density at radius 2 is 1.79 bits per heavy atom. The van der Waals surface area contributed by atoms with E-state index in [2.05, 4.69) is 10.9 Å². The number of hydrogen-bond donors (Lipinski definition) is 0. The molecule has 0 N–H and O–H groups in total. The number of carbonyl (C=O) groups is 1. The Morgan fingerprint density at radius 3 is 2.45 bits per heavy atom. The van der Waals surface area contributed by atoms with Crippen LogP contribution in [-0.2, 0) is 14.3 Å². The average Bonchev–Trinajstić information content (AvgIpc) is 3.29. The standard InChI is InChI=1S/C31H32N2O8S/c1-7-15-40-27-20(11-9-13-22(27)37-5)18-24-29(34)33-26(21-12-10-14-23(38-6)28(21)39-8-2)25(19(3)32-31(33)42-24)30(35)41-17-16-36-4/h1,9-14,18,26H,8,15-17H2,2-6H3/b24-18+/t26-/m1/s1. The highest BCUT2D eigenvalue weighted by Crippen LogP contribution is 2.41. The molecule has 3 aromatic rings. The van der Waals surface area contributed by atoms with Crippen molar-refractivity contribution in [3.05, 3.63) is 78.5 Å². The van der Waals surface area contributed by atoms with Crippen LogP contribution in [0.5, 0.6) is 23.0 Å². The first-order chi connectivity index (χ1) is 20.4. The van der Waals surface area contributed by atoms with Crippen molar-refractivity contribution in [3.63, 3.8) is 0 Å². The zero-order chi connectivity index (χ0) is 30.2. The summed E-state index contributed by atoms with van der Waals surface area (Å²) in [7, 11) is 4.57. The number of carbonyl (C=O) groups excluding carboxylic acids is 1. The molecule has 2 heterocycles. The number of aromatic nitrogens is 1. The minimum absolute atomic E-state index is 0.0201. The topological polar surface area (TPSA) is 107 Å². The van der Waals surface area contributed by atoms with E-state index in [9.17, 15) is 9.59 Å². The minimum atomic E-state index is -0.905. The van der Waals surface area contributed by atoms with Crippen LogP contribution in [0.1, 0.15) is 31.0 Å². The second-order valence-corrected chi connectivity index (χ2v) is 9.90. The van der Waals surface area contributed by atoms with Crippen LogP contribution in [0.4, 0.5) is 0 Å². The Hall–Kier alpha value is -4.53. The van der Waals surface area contributed by atoms with Crippen molar-refractivity contribution in [2.24, 2.45) is 4.99 Å². The molecule has 0 unspecified atom stereocenters. The van der Waals surface area contributed by atoms with Crippen LogP contribution in [0, 0.1) is 12.3 Å². The van der Waals surface area contributed by atoms with E-state index in [0.717, 1.165) is 0 Å². The number of rotatable bonds is 12. The van der Waals surface area contributed by atoms with Gasteiger partial charge in [0.15, 0.2) is 27.8 Å². The fourth-order valence-corrected chi connectivity index (χ4v) is 5.63. The summed E-state index contributed by atoms with van der Waals surface area (Å²) in [5, 5.41) is 0. The molecule has 0 bridgehead atoms. The van der Waals surface area contributed by atoms with Crippen LogP contribution in [0.2, 0.25) is 0 Å². The lowest BCUT2D eigenvalue weighted by Gasteiger charge is -2.27. The molecule has 1 atom stereocenters. The number of terminal acetylenes is 1. The smallest absolute Gasteiger partial charge is 0.338 e. The summed E-state index contributed by atoms with van der Waals surface area (Å²) >= 11 is 1.18. The molecule has 0 saturated carbocycles. The molecule has 11 heteroatoms. The SMILES string of the molecule is C#CCOc1c(/C=c2/sc3n(c2=O)[C@H](c2cccc(OC)c2OCC)C(C(=O)OCCOC)=C(C)N=3)cccc1OC. The number of methoxy groups -OCH3 is 3. The maximum absolute atomic E-state index is 14.2. The van der Waals surface area contributed by atoms with E-state index < -0.39 is 12.0 Å². The number of allylic oxidation sites excluding steroid dienone is 1. The maximum atomic E-state index is 14.2. The van der Waals surface area contributed by atoms with Crippen LogP contribution in [0.3, 0.4) is 0 Å². The largest absolute Gasteiger partial charge is 0.493 e. The summed E-state index contributed by atoms with van der Waals surface area (Å²) in [6, 6.07) is 9.75. The predicted octanol–water partition coefficient (Wildman–Crippen LogP) is 2.85. The van der Waals surface area contributed by atoms with Crippen molar-refractivity contribution >= 4 is 23.4 Å². The molecule has 0 fully saturated rings. The van der Waals surface area contributed by atoms with Gasteiger partial charge in [-0.15, -0.1) is 6.42 Å². The molecular weight excluding hydrogens is 560 g/mol. The van der Waals surface area contributed by atoms with Gasteiger partial charge < -0.3 is 28.4 Å². The number of esters is 1. The van der Waals surface area contributed by atoms with Crippen LogP contribution in [0.15, 0.2) is 57.5 Å². The van der Waals surface area contributed by atoms with Gasteiger partial charge in [0.05, 0.1) is 43.2 Å². The number of benzene rings is 2. The highest BCUT2D eigenvalue weighted by Gasteiger charge is 2.36. The van der Waals surface area contributed by atoms with Crippen LogP contribution < -0.4 is 33.8 Å². The van der Waals surface area contributed by atoms with Gasteiger partial charge in [-0.1, -0.05) is 41.5 Å². The Balaban J connectivity index is 1.98. The summed E-state index contributed by atoms with van der Waals surface area (Å²) in [6.45, 7) is 4.17. The molecule has 0 saturated heterocycles. The van der Waals surface area contributed by atoms with Gasteiger partial charge in [-0.25, -0.2) is 9.79 Å². The van der Waals surface area contributed by atoms with Gasteiger partial charge in [-0.05, 0) is 32.1 Å². The van der Waals surface area contributed by atoms with Crippen molar-refractivity contribution in [1.82, 2.24) is 4.57 Å². The fourth-order valence-electron chi connectivity index (χ4n) is 4.60. The molecule has 0 amide bonds. The number of fused-ring (bicyclic) bond motifs is 1. The van der Waals surface area contributed by atoms with Crippen molar-refractivity contribution in [2.45, 2.75) is 19.9 Å². The van der Waals surface area contributed by atoms with Gasteiger partial charge in [0.25, 0.3) is 5.56 Å². The molecule has 4 rings (SSSR count). The number of ether oxygens (including phenoxy) is 6. The zero-order valence-electron chi connectivity index (χ0n) is 24.1. The van der Waals surface area contributed by atoms with E-state index in [1.165, 1.54) is 37.2 Å². The van der Waals surface area contributed by atoms with E-state index in [-0.39, 0.29) is 31.0 Å². The first-order valence-corrected chi connectivity index (χ1v) is 13.9. The third kappa shape index (κ3) is 6.05. The molecule has 1 aliphatic heterocycles. The van der Waals surface area contributed by atoms with Crippen molar-refractivity contribution in [1.29, 1.82) is 0 Å². The van der Waals surface area contributed by atoms with Gasteiger partial charge in [-0.2, -0.15) is 0 Å². The lowest BCUT2D eigenvalue weighted by Crippen LogP contribution is -2.40. The molecule has 220 valence electrons. The third-order valence-corrected chi connectivity index (χ3v) is 7.37. The number of para-hydroxylation sites is 2. The molecule has 0 spiro atoms. The lowest BCUT2D eigenvalue weighted by atomic mass is 9.94. The fraction of sp³-hybridized carbons (Fsp3) is 0.323. The molecule has 0 aliphatic carbocycles. The Morgan fingerprint density at radius 1 is 1.07 bits per heavy atom. The summed E-state index contributed by atoms with van der Waals surface area (Å²) in [5.74, 6) is 3.59. The molecule has 10 nitrogen and oxygen atoms in total. The van der Waals surface area contributed by atoms with Gasteiger partial charge in [0.1, 0.15) is 19.3 Å². The summed E-state index contributed by atoms with van der Waals surface area (Å²) in [5.41, 5.74) is 1.40. The normalized spacial score (nSPS) is 14.5. The Labute approximate surface area is 247 Å². The Bertz CT molecular complexity index is 1710. The predicted molar refractivity (Wildman–Crippen MR) is 158 cm³/mol. The van der Waals surface area contributed by atoms with Gasteiger partial charge >= 0.3 is 5.97 Å². The molecule has 42 heavy (non-hydrogen) atoms. The van der Waals surface area contributed by atoms with Crippen molar-refractivity contribution in [2.75, 3.05) is 47.8 Å². The zero-order valence-corrected chi connectivity index (χ0v) is 24.9. The summed E-state index contributed by atoms with van der Waals surface area (Å²) in [4.78, 5) is 32.7. The van der Waals surface area contributed by atoms with E-state index >= 15 is 0 Å². The van der Waals surface area contributed by atoms with Crippen LogP contribution in [-0.4, -0.2) is 58.3 Å². The third-order valence-electron chi connectivity index (χ3n) is 6.39. The molecular formula is C31H32N2O8S. The number of thiazole rings is 1. The monoisotopic (exact) mass is 592 g/mol. The van der Waals surface area contributed by atoms with Gasteiger partial charge in [0.2, 0.25) is 0 Å². The lowest BCUT2D eigenvalue weighted by molar-refractivity contribution is -0.140. The second kappa shape index (κ2) is 13.9. The van der Waals surface area contributed by atoms with Crippen molar-refractivity contribution in [3.8, 4) is 35.3 Å².